The number of rotatable bonds is 4. The quantitative estimate of drug-likeness (QED) is 0.537. The number of nitrogens with zero attached hydrogens (tertiary/aromatic N) is 2. The fourth-order valence-corrected chi connectivity index (χ4v) is 3.59. The van der Waals surface area contributed by atoms with Gasteiger partial charge >= 0.3 is 5.97 Å². The fraction of sp³-hybridized carbons (Fsp3) is 0.278. The first-order valence-corrected chi connectivity index (χ1v) is 8.53. The summed E-state index contributed by atoms with van der Waals surface area (Å²) in [7, 11) is 0. The van der Waals surface area contributed by atoms with E-state index in [-0.39, 0.29) is 12.4 Å². The van der Waals surface area contributed by atoms with E-state index < -0.39 is 0 Å². The second-order valence-corrected chi connectivity index (χ2v) is 7.00. The SMILES string of the molecule is Cc1nc2c(C3CC3)c(CC(=O)Oc3ccccc3)cnc2s1. The third-order valence-corrected chi connectivity index (χ3v) is 4.83. The minimum absolute atomic E-state index is 0.236. The van der Waals surface area contributed by atoms with Gasteiger partial charge in [0.15, 0.2) is 0 Å². The first-order chi connectivity index (χ1) is 11.2. The third kappa shape index (κ3) is 2.97. The molecule has 0 atom stereocenters. The van der Waals surface area contributed by atoms with Gasteiger partial charge in [0.1, 0.15) is 16.1 Å². The Morgan fingerprint density at radius 2 is 2.09 bits per heavy atom. The molecule has 0 saturated heterocycles. The molecule has 23 heavy (non-hydrogen) atoms. The Labute approximate surface area is 138 Å². The van der Waals surface area contributed by atoms with Crippen molar-refractivity contribution in [2.24, 2.45) is 0 Å². The van der Waals surface area contributed by atoms with E-state index in [9.17, 15) is 4.79 Å². The summed E-state index contributed by atoms with van der Waals surface area (Å²) in [5.41, 5.74) is 3.12. The predicted molar refractivity (Wildman–Crippen MR) is 89.9 cm³/mol. The van der Waals surface area contributed by atoms with Crippen LogP contribution in [0.5, 0.6) is 5.75 Å². The molecule has 116 valence electrons. The van der Waals surface area contributed by atoms with Crippen LogP contribution in [0.15, 0.2) is 36.5 Å². The average molecular weight is 324 g/mol. The maximum Gasteiger partial charge on any atom is 0.315 e. The molecule has 2 heterocycles. The van der Waals surface area contributed by atoms with Crippen molar-refractivity contribution < 1.29 is 9.53 Å². The highest BCUT2D eigenvalue weighted by atomic mass is 32.1. The molecule has 4 rings (SSSR count). The summed E-state index contributed by atoms with van der Waals surface area (Å²) in [4.78, 5) is 22.3. The molecule has 5 heteroatoms. The Bertz CT molecular complexity index is 869. The maximum atomic E-state index is 12.3. The van der Waals surface area contributed by atoms with Gasteiger partial charge in [-0.1, -0.05) is 29.5 Å². The summed E-state index contributed by atoms with van der Waals surface area (Å²) in [6.45, 7) is 1.99. The van der Waals surface area contributed by atoms with Crippen molar-refractivity contribution in [1.82, 2.24) is 9.97 Å². The van der Waals surface area contributed by atoms with Gasteiger partial charge < -0.3 is 4.74 Å². The standard InChI is InChI=1S/C18H16N2O2S/c1-11-20-17-16(12-7-8-12)13(10-19-18(17)23-11)9-15(21)22-14-5-3-2-4-6-14/h2-6,10,12H,7-9H2,1H3. The highest BCUT2D eigenvalue weighted by Crippen LogP contribution is 2.45. The van der Waals surface area contributed by atoms with Crippen molar-refractivity contribution in [3.8, 4) is 5.75 Å². The van der Waals surface area contributed by atoms with Crippen LogP contribution < -0.4 is 4.74 Å². The number of ether oxygens (including phenoxy) is 1. The molecule has 0 radical (unpaired) electrons. The molecular formula is C18H16N2O2S. The van der Waals surface area contributed by atoms with E-state index in [1.165, 1.54) is 5.56 Å². The van der Waals surface area contributed by atoms with Crippen molar-refractivity contribution in [2.75, 3.05) is 0 Å². The summed E-state index contributed by atoms with van der Waals surface area (Å²) < 4.78 is 5.41. The number of para-hydroxylation sites is 1. The Morgan fingerprint density at radius 3 is 2.83 bits per heavy atom. The van der Waals surface area contributed by atoms with Gasteiger partial charge in [-0.15, -0.1) is 0 Å². The van der Waals surface area contributed by atoms with Gasteiger partial charge in [0.25, 0.3) is 0 Å². The molecule has 1 aliphatic carbocycles. The largest absolute Gasteiger partial charge is 0.426 e. The topological polar surface area (TPSA) is 52.1 Å². The Hall–Kier alpha value is -2.27. The molecule has 3 aromatic rings. The van der Waals surface area contributed by atoms with Crippen LogP contribution in [0.3, 0.4) is 0 Å². The lowest BCUT2D eigenvalue weighted by atomic mass is 10.0. The molecule has 0 amide bonds. The van der Waals surface area contributed by atoms with E-state index in [0.29, 0.717) is 11.7 Å². The van der Waals surface area contributed by atoms with E-state index in [2.05, 4.69) is 9.97 Å². The predicted octanol–water partition coefficient (Wildman–Crippen LogP) is 4.03. The summed E-state index contributed by atoms with van der Waals surface area (Å²) in [6.07, 6.45) is 4.38. The molecule has 0 bridgehead atoms. The van der Waals surface area contributed by atoms with Crippen LogP contribution in [0.2, 0.25) is 0 Å². The lowest BCUT2D eigenvalue weighted by Crippen LogP contribution is -2.13. The summed E-state index contributed by atoms with van der Waals surface area (Å²) in [5, 5.41) is 1.01. The number of thiazole rings is 1. The van der Waals surface area contributed by atoms with Gasteiger partial charge in [-0.3, -0.25) is 4.79 Å². The van der Waals surface area contributed by atoms with Crippen molar-refractivity contribution in [3.05, 3.63) is 52.7 Å². The lowest BCUT2D eigenvalue weighted by molar-refractivity contribution is -0.133. The lowest BCUT2D eigenvalue weighted by Gasteiger charge is -2.09. The Morgan fingerprint density at radius 1 is 1.30 bits per heavy atom. The fourth-order valence-electron chi connectivity index (χ4n) is 2.82. The van der Waals surface area contributed by atoms with Crippen LogP contribution in [-0.2, 0) is 11.2 Å². The number of benzene rings is 1. The first-order valence-electron chi connectivity index (χ1n) is 7.71. The van der Waals surface area contributed by atoms with Crippen molar-refractivity contribution >= 4 is 27.7 Å². The number of aromatic nitrogens is 2. The molecular weight excluding hydrogens is 308 g/mol. The zero-order valence-corrected chi connectivity index (χ0v) is 13.6. The van der Waals surface area contributed by atoms with E-state index in [4.69, 9.17) is 4.74 Å². The zero-order chi connectivity index (χ0) is 15.8. The normalized spacial score (nSPS) is 14.1. The zero-order valence-electron chi connectivity index (χ0n) is 12.8. The van der Waals surface area contributed by atoms with Crippen LogP contribution in [0.1, 0.15) is 34.9 Å². The first kappa shape index (κ1) is 14.3. The van der Waals surface area contributed by atoms with Gasteiger partial charge in [-0.2, -0.15) is 0 Å². The van der Waals surface area contributed by atoms with Crippen molar-refractivity contribution in [2.45, 2.75) is 32.1 Å². The second kappa shape index (κ2) is 5.74. The molecule has 0 unspecified atom stereocenters. The maximum absolute atomic E-state index is 12.3. The summed E-state index contributed by atoms with van der Waals surface area (Å²) >= 11 is 1.60. The van der Waals surface area contributed by atoms with E-state index in [1.807, 2.05) is 31.3 Å². The molecule has 1 aromatic carbocycles. The molecule has 4 nitrogen and oxygen atoms in total. The number of esters is 1. The molecule has 0 spiro atoms. The Kier molecular flexibility index (Phi) is 3.58. The number of carbonyl (C=O) groups excluding carboxylic acids is 1. The number of aryl methyl sites for hydroxylation is 1. The highest BCUT2D eigenvalue weighted by Gasteiger charge is 2.30. The third-order valence-electron chi connectivity index (χ3n) is 3.95. The van der Waals surface area contributed by atoms with Crippen LogP contribution in [0, 0.1) is 6.92 Å². The van der Waals surface area contributed by atoms with Crippen LogP contribution >= 0.6 is 11.3 Å². The second-order valence-electron chi connectivity index (χ2n) is 5.82. The molecule has 2 aromatic heterocycles. The van der Waals surface area contributed by atoms with Crippen molar-refractivity contribution in [1.29, 1.82) is 0 Å². The number of hydrogen-bond donors (Lipinski definition) is 0. The molecule has 1 aliphatic rings. The minimum atomic E-state index is -0.258. The molecule has 0 N–H and O–H groups in total. The minimum Gasteiger partial charge on any atom is -0.426 e. The van der Waals surface area contributed by atoms with E-state index in [1.54, 1.807) is 23.5 Å². The number of carbonyl (C=O) groups is 1. The number of hydrogen-bond acceptors (Lipinski definition) is 5. The Balaban J connectivity index is 1.63. The van der Waals surface area contributed by atoms with Gasteiger partial charge in [-0.25, -0.2) is 9.97 Å². The van der Waals surface area contributed by atoms with Crippen LogP contribution in [-0.4, -0.2) is 15.9 Å². The average Bonchev–Trinajstić information content (AvgIpc) is 3.29. The van der Waals surface area contributed by atoms with Crippen LogP contribution in [0.4, 0.5) is 0 Å². The number of pyridine rings is 1. The van der Waals surface area contributed by atoms with Crippen LogP contribution in [0.25, 0.3) is 10.3 Å². The molecule has 1 saturated carbocycles. The molecule has 1 fully saturated rings. The van der Waals surface area contributed by atoms with Gasteiger partial charge in [0.2, 0.25) is 0 Å². The smallest absolute Gasteiger partial charge is 0.315 e. The van der Waals surface area contributed by atoms with E-state index >= 15 is 0 Å². The van der Waals surface area contributed by atoms with Gasteiger partial charge in [-0.05, 0) is 48.9 Å². The van der Waals surface area contributed by atoms with Gasteiger partial charge in [0.05, 0.1) is 11.4 Å². The van der Waals surface area contributed by atoms with Gasteiger partial charge in [0, 0.05) is 6.20 Å². The summed E-state index contributed by atoms with van der Waals surface area (Å²) in [5.74, 6) is 0.830. The monoisotopic (exact) mass is 324 g/mol. The van der Waals surface area contributed by atoms with E-state index in [0.717, 1.165) is 33.8 Å². The highest BCUT2D eigenvalue weighted by molar-refractivity contribution is 7.18. The molecule has 0 aliphatic heterocycles. The summed E-state index contributed by atoms with van der Waals surface area (Å²) in [6, 6.07) is 9.16. The number of fused-ring (bicyclic) bond motifs is 1. The van der Waals surface area contributed by atoms with Crippen molar-refractivity contribution in [3.63, 3.8) is 0 Å².